The first-order chi connectivity index (χ1) is 18.0. The molecule has 3 aromatic rings. The van der Waals surface area contributed by atoms with Gasteiger partial charge in [0, 0.05) is 0 Å². The maximum atomic E-state index is 2.52. The van der Waals surface area contributed by atoms with E-state index in [1.54, 1.807) is 22.7 Å². The second-order valence-corrected chi connectivity index (χ2v) is 23.5. The van der Waals surface area contributed by atoms with Crippen molar-refractivity contribution in [3.05, 3.63) is 96.0 Å². The number of allylic oxidation sites excluding steroid dienone is 4. The Labute approximate surface area is 267 Å². The Balaban J connectivity index is 0.00000220. The zero-order valence-corrected chi connectivity index (χ0v) is 31.6. The van der Waals surface area contributed by atoms with Gasteiger partial charge in [0.05, 0.1) is 0 Å². The molecule has 0 saturated heterocycles. The van der Waals surface area contributed by atoms with Crippen molar-refractivity contribution in [2.75, 3.05) is 0 Å². The quantitative estimate of drug-likeness (QED) is 0.172. The number of unbranched alkanes of at least 4 members (excludes halogenated alkanes) is 1. The smallest absolute Gasteiger partial charge is 0.147 e. The molecule has 214 valence electrons. The monoisotopic (exact) mass is 760 g/mol. The van der Waals surface area contributed by atoms with Crippen molar-refractivity contribution in [1.29, 1.82) is 0 Å². The maximum absolute atomic E-state index is 2.69. The summed E-state index contributed by atoms with van der Waals surface area (Å²) in [5.74, 6) is 0. The van der Waals surface area contributed by atoms with Gasteiger partial charge in [0.25, 0.3) is 0 Å². The molecule has 2 aromatic carbocycles. The van der Waals surface area contributed by atoms with Gasteiger partial charge in [-0.2, -0.15) is 0 Å². The van der Waals surface area contributed by atoms with Crippen LogP contribution in [0.4, 0.5) is 0 Å². The fourth-order valence-electron chi connectivity index (χ4n) is 6.11. The van der Waals surface area contributed by atoms with Crippen molar-refractivity contribution < 1.29 is 21.0 Å². The van der Waals surface area contributed by atoms with Crippen molar-refractivity contribution >= 4 is 42.7 Å². The molecule has 1 aromatic heterocycles. The second kappa shape index (κ2) is 13.1. The van der Waals surface area contributed by atoms with E-state index in [1.807, 2.05) is 14.6 Å². The van der Waals surface area contributed by atoms with Crippen LogP contribution in [0.25, 0.3) is 11.1 Å². The van der Waals surface area contributed by atoms with Gasteiger partial charge in [-0.05, 0) is 0 Å². The van der Waals surface area contributed by atoms with Gasteiger partial charge in [0.15, 0.2) is 0 Å². The topological polar surface area (TPSA) is 0 Å². The summed E-state index contributed by atoms with van der Waals surface area (Å²) in [6.45, 7) is 18.9. The molecule has 0 N–H and O–H groups in total. The van der Waals surface area contributed by atoms with E-state index in [1.165, 1.54) is 46.4 Å². The summed E-state index contributed by atoms with van der Waals surface area (Å²) >= 11 is -0.655. The van der Waals surface area contributed by atoms with E-state index >= 15 is 0 Å². The number of benzene rings is 2. The molecule has 0 saturated carbocycles. The molecule has 5 rings (SSSR count). The molecule has 2 aliphatic rings. The van der Waals surface area contributed by atoms with Crippen molar-refractivity contribution in [1.82, 2.24) is 0 Å². The minimum atomic E-state index is -2.69. The minimum Gasteiger partial charge on any atom is -0.147 e. The summed E-state index contributed by atoms with van der Waals surface area (Å²) in [6.07, 6.45) is 13.3. The van der Waals surface area contributed by atoms with E-state index in [2.05, 4.69) is 116 Å². The molecule has 40 heavy (non-hydrogen) atoms. The van der Waals surface area contributed by atoms with Crippen LogP contribution in [0, 0.1) is 6.92 Å². The Morgan fingerprint density at radius 1 is 0.900 bits per heavy atom. The number of fused-ring (bicyclic) bond motifs is 3. The molecule has 0 spiro atoms. The molecule has 1 heterocycles. The third-order valence-electron chi connectivity index (χ3n) is 8.21. The number of hydrogen-bond donors (Lipinski definition) is 0. The molecule has 0 radical (unpaired) electrons. The Kier molecular flexibility index (Phi) is 10.9. The van der Waals surface area contributed by atoms with Crippen LogP contribution in [0.1, 0.15) is 106 Å². The Hall–Kier alpha value is -1.06. The summed E-state index contributed by atoms with van der Waals surface area (Å²) in [5.41, 5.74) is 9.53. The van der Waals surface area contributed by atoms with E-state index in [0.29, 0.717) is 0 Å². The number of aryl methyl sites for hydroxylation is 1. The van der Waals surface area contributed by atoms with Gasteiger partial charge in [-0.15, -0.1) is 24.8 Å². The van der Waals surface area contributed by atoms with Crippen LogP contribution in [0.2, 0.25) is 0 Å². The van der Waals surface area contributed by atoms with Crippen LogP contribution in [0.15, 0.2) is 64.0 Å². The van der Waals surface area contributed by atoms with Gasteiger partial charge < -0.3 is 0 Å². The van der Waals surface area contributed by atoms with E-state index in [-0.39, 0.29) is 35.6 Å². The Morgan fingerprint density at radius 2 is 1.62 bits per heavy atom. The Morgan fingerprint density at radius 3 is 2.20 bits per heavy atom. The van der Waals surface area contributed by atoms with E-state index in [9.17, 15) is 0 Å². The zero-order valence-electron chi connectivity index (χ0n) is 25.5. The van der Waals surface area contributed by atoms with E-state index in [0.717, 1.165) is 12.8 Å². The summed E-state index contributed by atoms with van der Waals surface area (Å²) in [4.78, 5) is 3.02. The summed E-state index contributed by atoms with van der Waals surface area (Å²) < 4.78 is 5.42. The van der Waals surface area contributed by atoms with Gasteiger partial charge in [0.2, 0.25) is 0 Å². The van der Waals surface area contributed by atoms with Crippen LogP contribution in [0.5, 0.6) is 0 Å². The predicted octanol–water partition coefficient (Wildman–Crippen LogP) is 10.6. The molecule has 2 aliphatic carbocycles. The fraction of sp³-hybridized carbons (Fsp3) is 0.417. The first-order valence-corrected chi connectivity index (χ1v) is 20.7. The molecular weight excluding hydrogens is 714 g/mol. The fourth-order valence-corrected chi connectivity index (χ4v) is 21.3. The van der Waals surface area contributed by atoms with Crippen molar-refractivity contribution in [2.45, 2.75) is 98.3 Å². The largest absolute Gasteiger partial charge is 0.147 e. The standard InChI is InChI=1S/C21H25.C10H14S.C5H5.2ClH.Hf/c1-20(2,3)16-7-9-18-14(12-16)11-15-13-17(21(4,5)6)8-10-19(15)18;1-3-4-5-6-10-8-7-9(2)11-10;1-2-4-5-3-1;;;/h7-10,12H,11H2,1-6H3;7-8H,3-5H2,1-2H3;1-3H,4H2;2*1H;. The van der Waals surface area contributed by atoms with E-state index < -0.39 is 21.0 Å². The first-order valence-electron chi connectivity index (χ1n) is 14.5. The van der Waals surface area contributed by atoms with Gasteiger partial charge in [-0.3, -0.25) is 0 Å². The SMILES string of the molecule is CCCC/[C](c1ccc(C)s1)=[Hf](\[C]1=CC=CC1)[c]1c(C(C)(C)C)ccc2c1Cc1cc(C(C)(C)C)ccc1-2.Cl.Cl. The molecule has 0 fully saturated rings. The molecule has 4 heteroatoms. The predicted molar refractivity (Wildman–Crippen MR) is 181 cm³/mol. The van der Waals surface area contributed by atoms with Gasteiger partial charge >= 0.3 is 244 Å². The van der Waals surface area contributed by atoms with Crippen LogP contribution < -0.4 is 3.32 Å². The molecule has 0 aliphatic heterocycles. The summed E-state index contributed by atoms with van der Waals surface area (Å²) in [7, 11) is 0. The maximum Gasteiger partial charge on any atom is -0.147 e. The Bertz CT molecular complexity index is 1470. The molecule has 0 atom stereocenters. The average molecular weight is 760 g/mol. The third kappa shape index (κ3) is 6.61. The van der Waals surface area contributed by atoms with Crippen molar-refractivity contribution in [3.63, 3.8) is 0 Å². The molecule has 0 unspecified atom stereocenters. The zero-order chi connectivity index (χ0) is 27.2. The normalized spacial score (nSPS) is 14.7. The first kappa shape index (κ1) is 33.4. The number of thiophene rings is 1. The summed E-state index contributed by atoms with van der Waals surface area (Å²) in [5, 5.41) is 0. The minimum absolute atomic E-state index is 0. The molecule has 0 nitrogen and oxygen atoms in total. The van der Waals surface area contributed by atoms with Gasteiger partial charge in [0.1, 0.15) is 0 Å². The number of halogens is 2. The second-order valence-electron chi connectivity index (χ2n) is 13.3. The third-order valence-corrected chi connectivity index (χ3v) is 21.4. The van der Waals surface area contributed by atoms with Gasteiger partial charge in [-0.1, -0.05) is 0 Å². The molecule has 0 amide bonds. The van der Waals surface area contributed by atoms with Crippen LogP contribution in [-0.2, 0) is 38.2 Å². The number of rotatable bonds is 6. The van der Waals surface area contributed by atoms with E-state index in [4.69, 9.17) is 0 Å². The van der Waals surface area contributed by atoms with Gasteiger partial charge in [-0.25, -0.2) is 0 Å². The van der Waals surface area contributed by atoms with Crippen molar-refractivity contribution in [2.24, 2.45) is 0 Å². The van der Waals surface area contributed by atoms with Crippen LogP contribution >= 0.6 is 36.2 Å². The van der Waals surface area contributed by atoms with Crippen LogP contribution in [-0.4, -0.2) is 3.26 Å². The van der Waals surface area contributed by atoms with Crippen molar-refractivity contribution in [3.8, 4) is 11.1 Å². The average Bonchev–Trinajstić information content (AvgIpc) is 3.59. The number of hydrogen-bond acceptors (Lipinski definition) is 1. The van der Waals surface area contributed by atoms with Crippen LogP contribution in [0.3, 0.4) is 0 Å². The summed E-state index contributed by atoms with van der Waals surface area (Å²) in [6, 6.07) is 17.1. The molecular formula is C36H46Cl2HfS. The molecule has 0 bridgehead atoms.